The monoisotopic (exact) mass is 417 g/mol. The molecule has 0 fully saturated rings. The van der Waals surface area contributed by atoms with Gasteiger partial charge in [-0.3, -0.25) is 0 Å². The average Bonchev–Trinajstić information content (AvgIpc) is 3.27. The first-order valence-electron chi connectivity index (χ1n) is 10.7. The Labute approximate surface area is 186 Å². The van der Waals surface area contributed by atoms with Crippen LogP contribution in [-0.2, 0) is 5.41 Å². The summed E-state index contributed by atoms with van der Waals surface area (Å²) in [6.07, 6.45) is 2.00. The molecule has 0 amide bonds. The van der Waals surface area contributed by atoms with Crippen molar-refractivity contribution < 1.29 is 0 Å². The number of hydrogen-bond donors (Lipinski definition) is 0. The van der Waals surface area contributed by atoms with Crippen LogP contribution in [0, 0.1) is 0 Å². The van der Waals surface area contributed by atoms with Crippen molar-refractivity contribution in [1.29, 1.82) is 0 Å². The van der Waals surface area contributed by atoms with Gasteiger partial charge in [0.25, 0.3) is 0 Å². The molecule has 6 aromatic rings. The standard InChI is InChI=1S/C29H23NS/c1-29(2,3)22-15-20-10-9-19-11-14-24(23-13-12-21(16-22)26(20)27(19)23)28-30-17-25(31-28)18-7-5-4-6-8-18/h4-17H,1-3H3. The molecule has 0 N–H and O–H groups in total. The van der Waals surface area contributed by atoms with Gasteiger partial charge in [0.05, 0.1) is 4.88 Å². The lowest BCUT2D eigenvalue weighted by atomic mass is 9.83. The number of benzene rings is 5. The molecule has 0 saturated carbocycles. The predicted molar refractivity (Wildman–Crippen MR) is 135 cm³/mol. The van der Waals surface area contributed by atoms with E-state index in [0.717, 1.165) is 5.01 Å². The Bertz CT molecular complexity index is 1530. The van der Waals surface area contributed by atoms with Gasteiger partial charge in [0.1, 0.15) is 5.01 Å². The second kappa shape index (κ2) is 6.63. The molecule has 5 aromatic carbocycles. The first-order chi connectivity index (χ1) is 15.0. The van der Waals surface area contributed by atoms with Gasteiger partial charge in [-0.05, 0) is 48.9 Å². The van der Waals surface area contributed by atoms with Crippen molar-refractivity contribution >= 4 is 43.7 Å². The lowest BCUT2D eigenvalue weighted by Gasteiger charge is -2.21. The minimum absolute atomic E-state index is 0.129. The molecule has 0 unspecified atom stereocenters. The molecule has 0 aliphatic carbocycles. The number of hydrogen-bond acceptors (Lipinski definition) is 2. The van der Waals surface area contributed by atoms with E-state index in [1.807, 2.05) is 6.20 Å². The van der Waals surface area contributed by atoms with Crippen LogP contribution in [-0.4, -0.2) is 4.98 Å². The van der Waals surface area contributed by atoms with Crippen molar-refractivity contribution in [1.82, 2.24) is 4.98 Å². The highest BCUT2D eigenvalue weighted by Gasteiger charge is 2.18. The molecule has 31 heavy (non-hydrogen) atoms. The zero-order valence-corrected chi connectivity index (χ0v) is 18.8. The third kappa shape index (κ3) is 2.94. The fraction of sp³-hybridized carbons (Fsp3) is 0.138. The summed E-state index contributed by atoms with van der Waals surface area (Å²) in [5, 5.41) is 9.01. The number of rotatable bonds is 2. The second-order valence-electron chi connectivity index (χ2n) is 9.33. The summed E-state index contributed by atoms with van der Waals surface area (Å²) in [4.78, 5) is 6.01. The normalized spacial score (nSPS) is 12.4. The van der Waals surface area contributed by atoms with Crippen LogP contribution >= 0.6 is 11.3 Å². The van der Waals surface area contributed by atoms with E-state index in [2.05, 4.69) is 99.6 Å². The van der Waals surface area contributed by atoms with E-state index in [9.17, 15) is 0 Å². The van der Waals surface area contributed by atoms with E-state index >= 15 is 0 Å². The molecular weight excluding hydrogens is 394 g/mol. The lowest BCUT2D eigenvalue weighted by Crippen LogP contribution is -2.10. The smallest absolute Gasteiger partial charge is 0.124 e. The van der Waals surface area contributed by atoms with E-state index in [4.69, 9.17) is 4.98 Å². The van der Waals surface area contributed by atoms with Crippen LogP contribution in [0.1, 0.15) is 26.3 Å². The average molecular weight is 418 g/mol. The number of nitrogens with zero attached hydrogens (tertiary/aromatic N) is 1. The van der Waals surface area contributed by atoms with Crippen molar-refractivity contribution in [2.75, 3.05) is 0 Å². The van der Waals surface area contributed by atoms with Gasteiger partial charge < -0.3 is 0 Å². The van der Waals surface area contributed by atoms with Gasteiger partial charge in [-0.25, -0.2) is 4.98 Å². The highest BCUT2D eigenvalue weighted by atomic mass is 32.1. The van der Waals surface area contributed by atoms with Gasteiger partial charge in [-0.15, -0.1) is 11.3 Å². The maximum Gasteiger partial charge on any atom is 0.124 e. The summed E-state index contributed by atoms with van der Waals surface area (Å²) in [7, 11) is 0. The second-order valence-corrected chi connectivity index (χ2v) is 10.4. The predicted octanol–water partition coefficient (Wildman–Crippen LogP) is 8.67. The molecule has 1 nitrogen and oxygen atoms in total. The van der Waals surface area contributed by atoms with Crippen molar-refractivity contribution in [2.45, 2.75) is 26.2 Å². The van der Waals surface area contributed by atoms with E-state index < -0.39 is 0 Å². The summed E-state index contributed by atoms with van der Waals surface area (Å²) < 4.78 is 0. The van der Waals surface area contributed by atoms with Gasteiger partial charge in [0.15, 0.2) is 0 Å². The summed E-state index contributed by atoms with van der Waals surface area (Å²) >= 11 is 1.76. The molecule has 0 bridgehead atoms. The Morgan fingerprint density at radius 1 is 0.710 bits per heavy atom. The Hall–Kier alpha value is -3.23. The Kier molecular flexibility index (Phi) is 3.97. The van der Waals surface area contributed by atoms with E-state index in [1.54, 1.807) is 11.3 Å². The molecule has 0 atom stereocenters. The van der Waals surface area contributed by atoms with E-state index in [0.29, 0.717) is 0 Å². The highest BCUT2D eigenvalue weighted by Crippen LogP contribution is 2.42. The summed E-state index contributed by atoms with van der Waals surface area (Å²) in [5.74, 6) is 0. The zero-order valence-electron chi connectivity index (χ0n) is 17.9. The molecule has 0 saturated heterocycles. The Morgan fingerprint density at radius 2 is 1.39 bits per heavy atom. The quantitative estimate of drug-likeness (QED) is 0.257. The van der Waals surface area contributed by atoms with Gasteiger partial charge in [0.2, 0.25) is 0 Å². The van der Waals surface area contributed by atoms with Crippen LogP contribution in [0.5, 0.6) is 0 Å². The molecule has 150 valence electrons. The van der Waals surface area contributed by atoms with Crippen LogP contribution in [0.2, 0.25) is 0 Å². The Morgan fingerprint density at radius 3 is 2.13 bits per heavy atom. The first-order valence-corrected chi connectivity index (χ1v) is 11.5. The first kappa shape index (κ1) is 18.5. The van der Waals surface area contributed by atoms with Crippen LogP contribution in [0.25, 0.3) is 53.3 Å². The van der Waals surface area contributed by atoms with E-state index in [1.165, 1.54) is 53.9 Å². The molecule has 0 aliphatic rings. The maximum atomic E-state index is 4.81. The van der Waals surface area contributed by atoms with Crippen molar-refractivity contribution in [3.05, 3.63) is 90.6 Å². The highest BCUT2D eigenvalue weighted by molar-refractivity contribution is 7.18. The molecule has 0 radical (unpaired) electrons. The van der Waals surface area contributed by atoms with Crippen LogP contribution in [0.3, 0.4) is 0 Å². The maximum absolute atomic E-state index is 4.81. The molecule has 1 aromatic heterocycles. The minimum atomic E-state index is 0.129. The van der Waals surface area contributed by atoms with E-state index in [-0.39, 0.29) is 5.41 Å². The van der Waals surface area contributed by atoms with Gasteiger partial charge >= 0.3 is 0 Å². The number of aromatic nitrogens is 1. The van der Waals surface area contributed by atoms with Gasteiger partial charge in [0, 0.05) is 11.8 Å². The summed E-state index contributed by atoms with van der Waals surface area (Å²) in [6.45, 7) is 6.85. The molecular formula is C29H23NS. The van der Waals surface area contributed by atoms with Crippen LogP contribution in [0.4, 0.5) is 0 Å². The van der Waals surface area contributed by atoms with Crippen LogP contribution < -0.4 is 0 Å². The lowest BCUT2D eigenvalue weighted by molar-refractivity contribution is 0.591. The van der Waals surface area contributed by atoms with Gasteiger partial charge in [-0.2, -0.15) is 0 Å². The molecule has 1 heterocycles. The fourth-order valence-corrected chi connectivity index (χ4v) is 5.53. The third-order valence-electron chi connectivity index (χ3n) is 6.26. The van der Waals surface area contributed by atoms with Gasteiger partial charge in [-0.1, -0.05) is 99.6 Å². The zero-order chi connectivity index (χ0) is 21.2. The Balaban J connectivity index is 1.60. The summed E-state index contributed by atoms with van der Waals surface area (Å²) in [5.41, 5.74) is 3.95. The van der Waals surface area contributed by atoms with Crippen molar-refractivity contribution in [2.24, 2.45) is 0 Å². The largest absolute Gasteiger partial charge is 0.244 e. The number of thiazole rings is 1. The summed E-state index contributed by atoms with van der Waals surface area (Å²) in [6, 6.07) is 28.8. The topological polar surface area (TPSA) is 12.9 Å². The SMILES string of the molecule is CC(C)(C)c1cc2ccc3ccc(-c4ncc(-c5ccccc5)s4)c4ccc(c1)c2c34. The van der Waals surface area contributed by atoms with Crippen molar-refractivity contribution in [3.8, 4) is 21.0 Å². The van der Waals surface area contributed by atoms with Crippen LogP contribution in [0.15, 0.2) is 85.1 Å². The molecule has 0 spiro atoms. The minimum Gasteiger partial charge on any atom is -0.244 e. The molecule has 2 heteroatoms. The van der Waals surface area contributed by atoms with Crippen molar-refractivity contribution in [3.63, 3.8) is 0 Å². The third-order valence-corrected chi connectivity index (χ3v) is 7.34. The molecule has 6 rings (SSSR count). The molecule has 0 aliphatic heterocycles. The fourth-order valence-electron chi connectivity index (χ4n) is 4.57.